The third-order valence-electron chi connectivity index (χ3n) is 3.39. The fourth-order valence-corrected chi connectivity index (χ4v) is 3.77. The zero-order valence-electron chi connectivity index (χ0n) is 12.2. The Balaban J connectivity index is 2.75. The molecule has 1 aromatic carbocycles. The Kier molecular flexibility index (Phi) is 4.34. The van der Waals surface area contributed by atoms with Gasteiger partial charge in [-0.3, -0.25) is 4.79 Å². The molecule has 0 fully saturated rings. The highest BCUT2D eigenvalue weighted by Crippen LogP contribution is 2.22. The van der Waals surface area contributed by atoms with Crippen LogP contribution in [0.25, 0.3) is 10.9 Å². The minimum absolute atomic E-state index is 0.00162. The maximum Gasteiger partial charge on any atom is 0.336 e. The zero-order chi connectivity index (χ0) is 16.5. The van der Waals surface area contributed by atoms with E-state index >= 15 is 0 Å². The smallest absolute Gasteiger partial charge is 0.336 e. The van der Waals surface area contributed by atoms with Crippen molar-refractivity contribution in [1.82, 2.24) is 9.29 Å². The summed E-state index contributed by atoms with van der Waals surface area (Å²) < 4.78 is 26.3. The van der Waals surface area contributed by atoms with Crippen LogP contribution in [-0.2, 0) is 10.0 Å². The van der Waals surface area contributed by atoms with E-state index < -0.39 is 21.6 Å². The van der Waals surface area contributed by atoms with E-state index in [1.54, 1.807) is 13.8 Å². The first-order valence-electron chi connectivity index (χ1n) is 6.71. The summed E-state index contributed by atoms with van der Waals surface area (Å²) >= 11 is 0. The van der Waals surface area contributed by atoms with Crippen molar-refractivity contribution >= 4 is 26.9 Å². The molecule has 0 aliphatic rings. The monoisotopic (exact) mass is 324 g/mol. The highest BCUT2D eigenvalue weighted by atomic mass is 32.2. The predicted octanol–water partition coefficient (Wildman–Crippen LogP) is 1.26. The second-order valence-corrected chi connectivity index (χ2v) is 6.59. The number of hydrogen-bond acceptors (Lipinski definition) is 4. The Morgan fingerprint density at radius 1 is 1.23 bits per heavy atom. The largest absolute Gasteiger partial charge is 0.478 e. The SMILES string of the molecule is CCN(CC)S(=O)(=O)c1ccc2[nH]c(=O)cc(C(=O)O)c2c1. The number of aromatic carboxylic acids is 1. The van der Waals surface area contributed by atoms with Gasteiger partial charge in [0.05, 0.1) is 10.5 Å². The highest BCUT2D eigenvalue weighted by molar-refractivity contribution is 7.89. The summed E-state index contributed by atoms with van der Waals surface area (Å²) in [4.78, 5) is 25.2. The van der Waals surface area contributed by atoms with Gasteiger partial charge in [-0.1, -0.05) is 13.8 Å². The quantitative estimate of drug-likeness (QED) is 0.861. The van der Waals surface area contributed by atoms with Crippen LogP contribution < -0.4 is 5.56 Å². The third kappa shape index (κ3) is 2.75. The molecule has 0 unspecified atom stereocenters. The van der Waals surface area contributed by atoms with Crippen molar-refractivity contribution < 1.29 is 18.3 Å². The molecular formula is C14H16N2O5S. The number of aromatic amines is 1. The number of nitrogens with zero attached hydrogens (tertiary/aromatic N) is 1. The molecule has 1 heterocycles. The van der Waals surface area contributed by atoms with Crippen molar-refractivity contribution in [2.24, 2.45) is 0 Å². The number of carbonyl (C=O) groups is 1. The van der Waals surface area contributed by atoms with Crippen LogP contribution in [0.15, 0.2) is 34.0 Å². The van der Waals surface area contributed by atoms with Crippen molar-refractivity contribution in [2.75, 3.05) is 13.1 Å². The molecule has 0 aliphatic carbocycles. The lowest BCUT2D eigenvalue weighted by Crippen LogP contribution is -2.30. The van der Waals surface area contributed by atoms with Crippen LogP contribution in [0, 0.1) is 0 Å². The number of rotatable bonds is 5. The third-order valence-corrected chi connectivity index (χ3v) is 5.43. The van der Waals surface area contributed by atoms with Gasteiger partial charge in [0.1, 0.15) is 0 Å². The van der Waals surface area contributed by atoms with E-state index in [9.17, 15) is 23.1 Å². The Labute approximate surface area is 127 Å². The Morgan fingerprint density at radius 3 is 2.41 bits per heavy atom. The molecule has 0 atom stereocenters. The molecule has 1 aromatic heterocycles. The van der Waals surface area contributed by atoms with Crippen LogP contribution in [0.1, 0.15) is 24.2 Å². The van der Waals surface area contributed by atoms with Gasteiger partial charge in [0.2, 0.25) is 15.6 Å². The lowest BCUT2D eigenvalue weighted by molar-refractivity contribution is 0.0698. The van der Waals surface area contributed by atoms with E-state index in [0.717, 1.165) is 6.07 Å². The van der Waals surface area contributed by atoms with Crippen molar-refractivity contribution in [2.45, 2.75) is 18.7 Å². The number of carboxylic acid groups (broad SMARTS) is 1. The van der Waals surface area contributed by atoms with Gasteiger partial charge in [-0.05, 0) is 18.2 Å². The van der Waals surface area contributed by atoms with Gasteiger partial charge in [-0.25, -0.2) is 13.2 Å². The van der Waals surface area contributed by atoms with Gasteiger partial charge in [-0.2, -0.15) is 4.31 Å². The van der Waals surface area contributed by atoms with E-state index in [0.29, 0.717) is 13.1 Å². The van der Waals surface area contributed by atoms with Crippen LogP contribution >= 0.6 is 0 Å². The van der Waals surface area contributed by atoms with Crippen LogP contribution in [0.3, 0.4) is 0 Å². The molecular weight excluding hydrogens is 308 g/mol. The maximum atomic E-state index is 12.5. The Morgan fingerprint density at radius 2 is 1.86 bits per heavy atom. The second-order valence-electron chi connectivity index (χ2n) is 4.65. The summed E-state index contributed by atoms with van der Waals surface area (Å²) in [6.45, 7) is 4.08. The topological polar surface area (TPSA) is 108 Å². The Hall–Kier alpha value is -2.19. The lowest BCUT2D eigenvalue weighted by Gasteiger charge is -2.18. The molecule has 0 spiro atoms. The average molecular weight is 324 g/mol. The Bertz CT molecular complexity index is 882. The van der Waals surface area contributed by atoms with Crippen LogP contribution in [0.5, 0.6) is 0 Å². The van der Waals surface area contributed by atoms with Crippen LogP contribution in [-0.4, -0.2) is 41.9 Å². The molecule has 0 radical (unpaired) electrons. The standard InChI is InChI=1S/C14H16N2O5S/c1-3-16(4-2)22(20,21)9-5-6-12-10(7-9)11(14(18)19)8-13(17)15-12/h5-8H,3-4H2,1-2H3,(H,15,17)(H,18,19). The number of hydrogen-bond donors (Lipinski definition) is 2. The summed E-state index contributed by atoms with van der Waals surface area (Å²) in [5.41, 5.74) is -0.497. The zero-order valence-corrected chi connectivity index (χ0v) is 13.0. The van der Waals surface area contributed by atoms with E-state index in [1.165, 1.54) is 22.5 Å². The van der Waals surface area contributed by atoms with Gasteiger partial charge in [0.15, 0.2) is 0 Å². The van der Waals surface area contributed by atoms with E-state index in [4.69, 9.17) is 0 Å². The van der Waals surface area contributed by atoms with Gasteiger partial charge in [-0.15, -0.1) is 0 Å². The normalized spacial score (nSPS) is 12.0. The number of H-pyrrole nitrogens is 1. The first kappa shape index (κ1) is 16.2. The van der Waals surface area contributed by atoms with E-state index in [1.807, 2.05) is 0 Å². The summed E-state index contributed by atoms with van der Waals surface area (Å²) in [7, 11) is -3.70. The number of benzene rings is 1. The van der Waals surface area contributed by atoms with Gasteiger partial charge < -0.3 is 10.1 Å². The first-order chi connectivity index (χ1) is 10.3. The molecule has 0 bridgehead atoms. The molecule has 7 nitrogen and oxygen atoms in total. The average Bonchev–Trinajstić information content (AvgIpc) is 2.46. The summed E-state index contributed by atoms with van der Waals surface area (Å²) in [5.74, 6) is -1.28. The minimum atomic E-state index is -3.70. The number of fused-ring (bicyclic) bond motifs is 1. The molecule has 2 N–H and O–H groups in total. The van der Waals surface area contributed by atoms with Gasteiger partial charge >= 0.3 is 5.97 Å². The molecule has 118 valence electrons. The van der Waals surface area contributed by atoms with Crippen molar-refractivity contribution in [3.8, 4) is 0 Å². The molecule has 8 heteroatoms. The van der Waals surface area contributed by atoms with Crippen LogP contribution in [0.4, 0.5) is 0 Å². The number of nitrogens with one attached hydrogen (secondary N) is 1. The molecule has 2 aromatic rings. The molecule has 0 amide bonds. The molecule has 0 saturated carbocycles. The van der Waals surface area contributed by atoms with Crippen molar-refractivity contribution in [3.63, 3.8) is 0 Å². The summed E-state index contributed by atoms with van der Waals surface area (Å²) in [5, 5.41) is 9.37. The number of sulfonamides is 1. The lowest BCUT2D eigenvalue weighted by atomic mass is 10.1. The van der Waals surface area contributed by atoms with Gasteiger partial charge in [0.25, 0.3) is 0 Å². The van der Waals surface area contributed by atoms with Crippen molar-refractivity contribution in [3.05, 3.63) is 40.2 Å². The number of carboxylic acids is 1. The van der Waals surface area contributed by atoms with Crippen LogP contribution in [0.2, 0.25) is 0 Å². The predicted molar refractivity (Wildman–Crippen MR) is 81.6 cm³/mol. The molecule has 0 aliphatic heterocycles. The summed E-state index contributed by atoms with van der Waals surface area (Å²) in [6.07, 6.45) is 0. The van der Waals surface area contributed by atoms with Gasteiger partial charge in [0, 0.05) is 30.1 Å². The number of pyridine rings is 1. The highest BCUT2D eigenvalue weighted by Gasteiger charge is 2.22. The van der Waals surface area contributed by atoms with Crippen molar-refractivity contribution in [1.29, 1.82) is 0 Å². The number of aromatic nitrogens is 1. The molecule has 22 heavy (non-hydrogen) atoms. The maximum absolute atomic E-state index is 12.5. The van der Waals surface area contributed by atoms with E-state index in [2.05, 4.69) is 4.98 Å². The molecule has 0 saturated heterocycles. The fraction of sp³-hybridized carbons (Fsp3) is 0.286. The second kappa shape index (κ2) is 5.90. The summed E-state index contributed by atoms with van der Waals surface area (Å²) in [6, 6.07) is 4.98. The fourth-order valence-electron chi connectivity index (χ4n) is 2.28. The molecule has 2 rings (SSSR count). The minimum Gasteiger partial charge on any atom is -0.478 e. The van der Waals surface area contributed by atoms with E-state index in [-0.39, 0.29) is 21.4 Å². The first-order valence-corrected chi connectivity index (χ1v) is 8.15.